The number of aromatic hydroxyl groups is 2. The van der Waals surface area contributed by atoms with Gasteiger partial charge >= 0.3 is 0 Å². The Hall–Kier alpha value is -3.06. The van der Waals surface area contributed by atoms with Crippen LogP contribution in [0.4, 0.5) is 5.69 Å². The summed E-state index contributed by atoms with van der Waals surface area (Å²) in [5, 5.41) is 20.2. The van der Waals surface area contributed by atoms with Crippen molar-refractivity contribution in [2.45, 2.75) is 19.8 Å². The highest BCUT2D eigenvalue weighted by molar-refractivity contribution is 6.08. The van der Waals surface area contributed by atoms with Crippen LogP contribution in [0.3, 0.4) is 0 Å². The number of carbonyl (C=O) groups is 2. The molecule has 0 radical (unpaired) electrons. The van der Waals surface area contributed by atoms with Crippen LogP contribution in [-0.2, 0) is 4.74 Å². The molecule has 0 aliphatic carbocycles. The molecule has 0 unspecified atom stereocenters. The maximum atomic E-state index is 13.0. The third-order valence-electron chi connectivity index (χ3n) is 5.08. The average molecular weight is 398 g/mol. The predicted molar refractivity (Wildman–Crippen MR) is 110 cm³/mol. The van der Waals surface area contributed by atoms with Crippen LogP contribution in [0, 0.1) is 0 Å². The van der Waals surface area contributed by atoms with Gasteiger partial charge < -0.3 is 24.7 Å². The van der Waals surface area contributed by atoms with Gasteiger partial charge in [0.2, 0.25) is 0 Å². The summed E-state index contributed by atoms with van der Waals surface area (Å²) in [5.41, 5.74) is 1.70. The Bertz CT molecular complexity index is 919. The number of carbonyl (C=O) groups excluding carboxylic acids is 2. The molecule has 0 bridgehead atoms. The van der Waals surface area contributed by atoms with Crippen molar-refractivity contribution in [3.8, 4) is 11.5 Å². The van der Waals surface area contributed by atoms with Crippen LogP contribution >= 0.6 is 0 Å². The Morgan fingerprint density at radius 3 is 2.41 bits per heavy atom. The molecule has 2 aromatic carbocycles. The van der Waals surface area contributed by atoms with E-state index in [-0.39, 0.29) is 28.9 Å². The van der Waals surface area contributed by atoms with Crippen molar-refractivity contribution in [2.75, 3.05) is 38.3 Å². The zero-order valence-corrected chi connectivity index (χ0v) is 16.9. The van der Waals surface area contributed by atoms with Gasteiger partial charge in [-0.15, -0.1) is 0 Å². The summed E-state index contributed by atoms with van der Waals surface area (Å²) < 4.78 is 5.29. The van der Waals surface area contributed by atoms with Crippen LogP contribution in [0.1, 0.15) is 46.0 Å². The number of morpholine rings is 1. The third kappa shape index (κ3) is 4.35. The van der Waals surface area contributed by atoms with Crippen LogP contribution in [-0.4, -0.2) is 60.3 Å². The van der Waals surface area contributed by atoms with Crippen LogP contribution < -0.4 is 4.90 Å². The third-order valence-corrected chi connectivity index (χ3v) is 5.08. The molecule has 29 heavy (non-hydrogen) atoms. The van der Waals surface area contributed by atoms with Crippen molar-refractivity contribution in [1.82, 2.24) is 4.90 Å². The summed E-state index contributed by atoms with van der Waals surface area (Å²) in [4.78, 5) is 28.8. The second-order valence-corrected chi connectivity index (χ2v) is 7.40. The molecule has 154 valence electrons. The van der Waals surface area contributed by atoms with Crippen LogP contribution in [0.25, 0.3) is 0 Å². The van der Waals surface area contributed by atoms with Crippen molar-refractivity contribution in [3.63, 3.8) is 0 Å². The normalized spacial score (nSPS) is 14.1. The minimum absolute atomic E-state index is 0.0121. The fraction of sp³-hybridized carbons (Fsp3) is 0.364. The molecule has 2 N–H and O–H groups in total. The smallest absolute Gasteiger partial charge is 0.261 e. The van der Waals surface area contributed by atoms with Gasteiger partial charge in [0, 0.05) is 37.5 Å². The van der Waals surface area contributed by atoms with Crippen LogP contribution in [0.2, 0.25) is 0 Å². The highest BCUT2D eigenvalue weighted by Gasteiger charge is 2.23. The maximum absolute atomic E-state index is 13.0. The van der Waals surface area contributed by atoms with Crippen molar-refractivity contribution < 1.29 is 24.5 Å². The quantitative estimate of drug-likeness (QED) is 0.826. The number of phenols is 2. The van der Waals surface area contributed by atoms with E-state index in [4.69, 9.17) is 4.74 Å². The zero-order valence-electron chi connectivity index (χ0n) is 16.9. The molecule has 0 aromatic heterocycles. The molecule has 1 aliphatic heterocycles. The van der Waals surface area contributed by atoms with Gasteiger partial charge in [-0.3, -0.25) is 9.59 Å². The largest absolute Gasteiger partial charge is 0.508 e. The molecule has 0 spiro atoms. The first-order valence-electron chi connectivity index (χ1n) is 9.60. The van der Waals surface area contributed by atoms with Gasteiger partial charge in [-0.05, 0) is 35.7 Å². The second-order valence-electron chi connectivity index (χ2n) is 7.40. The number of ether oxygens (including phenoxy) is 1. The summed E-state index contributed by atoms with van der Waals surface area (Å²) >= 11 is 0. The molecule has 1 aliphatic rings. The molecule has 3 rings (SSSR count). The number of benzene rings is 2. The molecule has 0 atom stereocenters. The van der Waals surface area contributed by atoms with Gasteiger partial charge in [-0.25, -0.2) is 0 Å². The molecular formula is C22H26N2O5. The highest BCUT2D eigenvalue weighted by Crippen LogP contribution is 2.33. The lowest BCUT2D eigenvalue weighted by Crippen LogP contribution is -2.40. The van der Waals surface area contributed by atoms with Crippen molar-refractivity contribution in [3.05, 3.63) is 53.1 Å². The first kappa shape index (κ1) is 20.7. The van der Waals surface area contributed by atoms with Crippen molar-refractivity contribution >= 4 is 17.5 Å². The summed E-state index contributed by atoms with van der Waals surface area (Å²) in [7, 11) is 1.59. The highest BCUT2D eigenvalue weighted by atomic mass is 16.5. The molecule has 1 fully saturated rings. The van der Waals surface area contributed by atoms with E-state index in [0.29, 0.717) is 43.1 Å². The van der Waals surface area contributed by atoms with Gasteiger partial charge in [0.1, 0.15) is 11.5 Å². The second kappa shape index (κ2) is 8.53. The van der Waals surface area contributed by atoms with E-state index in [9.17, 15) is 19.8 Å². The lowest BCUT2D eigenvalue weighted by Gasteiger charge is -2.27. The van der Waals surface area contributed by atoms with E-state index >= 15 is 0 Å². The summed E-state index contributed by atoms with van der Waals surface area (Å²) in [6, 6.07) is 9.54. The molecule has 2 amide bonds. The van der Waals surface area contributed by atoms with E-state index < -0.39 is 5.91 Å². The Labute approximate surface area is 170 Å². The number of hydrogen-bond donors (Lipinski definition) is 2. The number of anilines is 1. The number of phenolic OH excluding ortho intramolecular Hbond substituents is 2. The van der Waals surface area contributed by atoms with Crippen molar-refractivity contribution in [1.29, 1.82) is 0 Å². The Morgan fingerprint density at radius 2 is 1.76 bits per heavy atom. The van der Waals surface area contributed by atoms with Gasteiger partial charge in [0.05, 0.1) is 18.8 Å². The first-order valence-corrected chi connectivity index (χ1v) is 9.60. The maximum Gasteiger partial charge on any atom is 0.261 e. The number of rotatable bonds is 4. The SMILES string of the molecule is CC(C)c1cc(C(=O)N(C)c2cccc(C(=O)N3CCOCC3)c2)c(O)cc1O. The zero-order chi connectivity index (χ0) is 21.1. The molecule has 7 nitrogen and oxygen atoms in total. The van der Waals surface area contributed by atoms with E-state index in [1.807, 2.05) is 13.8 Å². The summed E-state index contributed by atoms with van der Waals surface area (Å²) in [6.45, 7) is 5.90. The van der Waals surface area contributed by atoms with E-state index in [2.05, 4.69) is 0 Å². The van der Waals surface area contributed by atoms with Crippen LogP contribution in [0.15, 0.2) is 36.4 Å². The van der Waals surface area contributed by atoms with E-state index in [1.54, 1.807) is 36.2 Å². The summed E-state index contributed by atoms with van der Waals surface area (Å²) in [6.07, 6.45) is 0. The van der Waals surface area contributed by atoms with E-state index in [1.165, 1.54) is 17.0 Å². The Morgan fingerprint density at radius 1 is 1.07 bits per heavy atom. The minimum atomic E-state index is -0.430. The van der Waals surface area contributed by atoms with E-state index in [0.717, 1.165) is 0 Å². The lowest BCUT2D eigenvalue weighted by molar-refractivity contribution is 0.0303. The predicted octanol–water partition coefficient (Wildman–Crippen LogP) is 2.97. The molecule has 0 saturated carbocycles. The number of hydrogen-bond acceptors (Lipinski definition) is 5. The molecule has 1 saturated heterocycles. The van der Waals surface area contributed by atoms with Gasteiger partial charge in [-0.1, -0.05) is 19.9 Å². The number of nitrogens with zero attached hydrogens (tertiary/aromatic N) is 2. The lowest BCUT2D eigenvalue weighted by atomic mass is 9.98. The molecule has 1 heterocycles. The standard InChI is InChI=1S/C22H26N2O5/c1-14(2)17-12-18(20(26)13-19(17)25)22(28)23(3)16-6-4-5-15(11-16)21(27)24-7-9-29-10-8-24/h4-6,11-14,25-26H,7-10H2,1-3H3. The van der Waals surface area contributed by atoms with Crippen LogP contribution in [0.5, 0.6) is 11.5 Å². The van der Waals surface area contributed by atoms with Gasteiger partial charge in [-0.2, -0.15) is 0 Å². The number of amides is 2. The fourth-order valence-electron chi connectivity index (χ4n) is 3.32. The molecule has 7 heteroatoms. The fourth-order valence-corrected chi connectivity index (χ4v) is 3.32. The Balaban J connectivity index is 1.87. The summed E-state index contributed by atoms with van der Waals surface area (Å²) in [5.74, 6) is -0.882. The molecule has 2 aromatic rings. The molecular weight excluding hydrogens is 372 g/mol. The monoisotopic (exact) mass is 398 g/mol. The van der Waals surface area contributed by atoms with Gasteiger partial charge in [0.15, 0.2) is 0 Å². The van der Waals surface area contributed by atoms with Gasteiger partial charge in [0.25, 0.3) is 11.8 Å². The Kier molecular flexibility index (Phi) is 6.08. The average Bonchev–Trinajstić information content (AvgIpc) is 2.72. The topological polar surface area (TPSA) is 90.3 Å². The minimum Gasteiger partial charge on any atom is -0.508 e. The van der Waals surface area contributed by atoms with Crippen molar-refractivity contribution in [2.24, 2.45) is 0 Å². The first-order chi connectivity index (χ1) is 13.8.